The van der Waals surface area contributed by atoms with E-state index in [0.717, 1.165) is 31.7 Å². The Balaban J connectivity index is 1.53. The van der Waals surface area contributed by atoms with Crippen LogP contribution in [0.2, 0.25) is 5.02 Å². The minimum atomic E-state index is -0.278. The average molecular weight is 467 g/mol. The monoisotopic (exact) mass is 466 g/mol. The number of benzene rings is 1. The summed E-state index contributed by atoms with van der Waals surface area (Å²) in [5, 5.41) is 6.50. The van der Waals surface area contributed by atoms with Crippen molar-refractivity contribution in [2.45, 2.75) is 20.3 Å². The van der Waals surface area contributed by atoms with Crippen LogP contribution in [0.3, 0.4) is 0 Å². The predicted octanol–water partition coefficient (Wildman–Crippen LogP) is 3.54. The maximum atomic E-state index is 12.8. The molecular formula is C23H27ClN8O. The van der Waals surface area contributed by atoms with Crippen molar-refractivity contribution in [2.75, 3.05) is 48.8 Å². The second-order valence-corrected chi connectivity index (χ2v) is 8.37. The highest BCUT2D eigenvalue weighted by molar-refractivity contribution is 6.34. The summed E-state index contributed by atoms with van der Waals surface area (Å²) >= 11 is 6.25. The van der Waals surface area contributed by atoms with Crippen LogP contribution in [0, 0.1) is 6.92 Å². The van der Waals surface area contributed by atoms with E-state index in [1.807, 2.05) is 26.0 Å². The lowest BCUT2D eigenvalue weighted by molar-refractivity contribution is 0.102. The molecule has 0 aliphatic carbocycles. The van der Waals surface area contributed by atoms with Crippen molar-refractivity contribution in [1.82, 2.24) is 24.8 Å². The molecule has 9 nitrogen and oxygen atoms in total. The van der Waals surface area contributed by atoms with Crippen molar-refractivity contribution >= 4 is 40.9 Å². The summed E-state index contributed by atoms with van der Waals surface area (Å²) in [6.07, 6.45) is 2.25. The Morgan fingerprint density at radius 2 is 1.91 bits per heavy atom. The van der Waals surface area contributed by atoms with Gasteiger partial charge in [-0.05, 0) is 37.7 Å². The van der Waals surface area contributed by atoms with E-state index in [2.05, 4.69) is 47.4 Å². The van der Waals surface area contributed by atoms with Crippen LogP contribution < -0.4 is 15.5 Å². The van der Waals surface area contributed by atoms with Crippen LogP contribution in [0.25, 0.3) is 0 Å². The van der Waals surface area contributed by atoms with Gasteiger partial charge in [-0.1, -0.05) is 30.7 Å². The molecule has 1 aliphatic rings. The van der Waals surface area contributed by atoms with Gasteiger partial charge in [0.05, 0.1) is 10.7 Å². The Kier molecular flexibility index (Phi) is 7.00. The van der Waals surface area contributed by atoms with E-state index in [4.69, 9.17) is 11.6 Å². The smallest absolute Gasteiger partial charge is 0.255 e. The number of nitrogens with zero attached hydrogens (tertiary/aromatic N) is 6. The lowest BCUT2D eigenvalue weighted by atomic mass is 10.2. The topological polar surface area (TPSA) is 99.2 Å². The summed E-state index contributed by atoms with van der Waals surface area (Å²) in [4.78, 5) is 35.3. The number of aromatic nitrogens is 4. The van der Waals surface area contributed by atoms with E-state index in [1.165, 1.54) is 0 Å². The van der Waals surface area contributed by atoms with E-state index < -0.39 is 0 Å². The third kappa shape index (κ3) is 5.55. The molecule has 1 fully saturated rings. The SMILES string of the molecule is CCc1nc(Nc2cc(C(=O)Nc3c(C)cccc3Cl)ccn2)nc(N2CCN(C)CC2)n1. The van der Waals surface area contributed by atoms with Crippen molar-refractivity contribution in [3.8, 4) is 0 Å². The summed E-state index contributed by atoms with van der Waals surface area (Å²) in [6.45, 7) is 7.54. The van der Waals surface area contributed by atoms with Gasteiger partial charge in [0.25, 0.3) is 5.91 Å². The number of carbonyl (C=O) groups excluding carboxylic acids is 1. The van der Waals surface area contributed by atoms with Crippen LogP contribution in [0.4, 0.5) is 23.4 Å². The summed E-state index contributed by atoms with van der Waals surface area (Å²) in [6, 6.07) is 8.79. The third-order valence-corrected chi connectivity index (χ3v) is 5.81. The van der Waals surface area contributed by atoms with Crippen molar-refractivity contribution < 1.29 is 4.79 Å². The van der Waals surface area contributed by atoms with Crippen LogP contribution in [-0.4, -0.2) is 64.0 Å². The molecule has 1 aliphatic heterocycles. The number of likely N-dealkylation sites (N-methyl/N-ethyl adjacent to an activating group) is 1. The van der Waals surface area contributed by atoms with Gasteiger partial charge in [0.15, 0.2) is 0 Å². The molecule has 0 saturated carbocycles. The molecule has 172 valence electrons. The Labute approximate surface area is 198 Å². The lowest BCUT2D eigenvalue weighted by Gasteiger charge is -2.32. The molecule has 1 saturated heterocycles. The largest absolute Gasteiger partial charge is 0.338 e. The molecule has 10 heteroatoms. The first-order valence-corrected chi connectivity index (χ1v) is 11.3. The number of hydrogen-bond acceptors (Lipinski definition) is 8. The zero-order valence-electron chi connectivity index (χ0n) is 19.0. The molecule has 4 rings (SSSR count). The highest BCUT2D eigenvalue weighted by Crippen LogP contribution is 2.26. The lowest BCUT2D eigenvalue weighted by Crippen LogP contribution is -2.45. The molecule has 1 amide bonds. The molecule has 0 atom stereocenters. The number of aryl methyl sites for hydroxylation is 2. The number of piperazine rings is 1. The molecule has 0 bridgehead atoms. The van der Waals surface area contributed by atoms with E-state index >= 15 is 0 Å². The van der Waals surface area contributed by atoms with Gasteiger partial charge in [-0.25, -0.2) is 4.98 Å². The Morgan fingerprint density at radius 1 is 1.12 bits per heavy atom. The minimum Gasteiger partial charge on any atom is -0.338 e. The summed E-state index contributed by atoms with van der Waals surface area (Å²) in [5.41, 5.74) is 1.92. The van der Waals surface area contributed by atoms with Crippen LogP contribution in [0.5, 0.6) is 0 Å². The molecule has 3 aromatic rings. The van der Waals surface area contributed by atoms with Gasteiger partial charge < -0.3 is 20.4 Å². The maximum absolute atomic E-state index is 12.8. The van der Waals surface area contributed by atoms with Gasteiger partial charge in [0.2, 0.25) is 11.9 Å². The first kappa shape index (κ1) is 22.9. The first-order chi connectivity index (χ1) is 15.9. The Hall–Kier alpha value is -3.30. The maximum Gasteiger partial charge on any atom is 0.255 e. The van der Waals surface area contributed by atoms with E-state index in [-0.39, 0.29) is 5.91 Å². The van der Waals surface area contributed by atoms with E-state index in [1.54, 1.807) is 24.4 Å². The molecule has 3 heterocycles. The third-order valence-electron chi connectivity index (χ3n) is 5.49. The van der Waals surface area contributed by atoms with Gasteiger partial charge in [0, 0.05) is 44.4 Å². The second-order valence-electron chi connectivity index (χ2n) is 7.96. The van der Waals surface area contributed by atoms with Crippen molar-refractivity contribution in [3.05, 3.63) is 58.5 Å². The first-order valence-electron chi connectivity index (χ1n) is 10.9. The molecule has 0 spiro atoms. The van der Waals surface area contributed by atoms with Crippen LogP contribution >= 0.6 is 11.6 Å². The fourth-order valence-corrected chi connectivity index (χ4v) is 3.77. The fourth-order valence-electron chi connectivity index (χ4n) is 3.50. The number of amides is 1. The van der Waals surface area contributed by atoms with Crippen molar-refractivity contribution in [1.29, 1.82) is 0 Å². The minimum absolute atomic E-state index is 0.278. The molecule has 0 unspecified atom stereocenters. The fraction of sp³-hybridized carbons (Fsp3) is 0.348. The number of halogens is 1. The number of carbonyl (C=O) groups is 1. The number of nitrogens with one attached hydrogen (secondary N) is 2. The van der Waals surface area contributed by atoms with E-state index in [0.29, 0.717) is 46.2 Å². The molecule has 33 heavy (non-hydrogen) atoms. The standard InChI is InChI=1S/C23H27ClN8O/c1-4-18-26-22(30-23(28-18)32-12-10-31(3)11-13-32)27-19-14-16(8-9-25-19)21(33)29-20-15(2)6-5-7-17(20)24/h5-9,14H,4,10-13H2,1-3H3,(H,29,33)(H,25,26,27,28,30). The van der Waals surface area contributed by atoms with Gasteiger partial charge >= 0.3 is 0 Å². The Morgan fingerprint density at radius 3 is 2.64 bits per heavy atom. The normalized spacial score (nSPS) is 14.2. The molecule has 2 N–H and O–H groups in total. The summed E-state index contributed by atoms with van der Waals surface area (Å²) in [7, 11) is 2.11. The quantitative estimate of drug-likeness (QED) is 0.569. The van der Waals surface area contributed by atoms with Gasteiger partial charge in [-0.15, -0.1) is 0 Å². The zero-order valence-corrected chi connectivity index (χ0v) is 19.7. The highest BCUT2D eigenvalue weighted by Gasteiger charge is 2.19. The van der Waals surface area contributed by atoms with Crippen molar-refractivity contribution in [3.63, 3.8) is 0 Å². The van der Waals surface area contributed by atoms with E-state index in [9.17, 15) is 4.79 Å². The number of anilines is 4. The van der Waals surface area contributed by atoms with Crippen LogP contribution in [0.15, 0.2) is 36.5 Å². The van der Waals surface area contributed by atoms with Gasteiger partial charge in [-0.2, -0.15) is 15.0 Å². The summed E-state index contributed by atoms with van der Waals surface area (Å²) < 4.78 is 0. The highest BCUT2D eigenvalue weighted by atomic mass is 35.5. The molecular weight excluding hydrogens is 440 g/mol. The molecule has 1 aromatic carbocycles. The number of pyridine rings is 1. The average Bonchev–Trinajstić information content (AvgIpc) is 2.82. The van der Waals surface area contributed by atoms with Gasteiger partial charge in [-0.3, -0.25) is 4.79 Å². The predicted molar refractivity (Wildman–Crippen MR) is 131 cm³/mol. The number of hydrogen-bond donors (Lipinski definition) is 2. The molecule has 0 radical (unpaired) electrons. The van der Waals surface area contributed by atoms with Crippen LogP contribution in [-0.2, 0) is 6.42 Å². The second kappa shape index (κ2) is 10.1. The van der Waals surface area contributed by atoms with Crippen molar-refractivity contribution in [2.24, 2.45) is 0 Å². The summed E-state index contributed by atoms with van der Waals surface area (Å²) in [5.74, 6) is 1.95. The number of para-hydroxylation sites is 1. The Bertz CT molecular complexity index is 1130. The van der Waals surface area contributed by atoms with Gasteiger partial charge in [0.1, 0.15) is 11.6 Å². The van der Waals surface area contributed by atoms with Crippen LogP contribution in [0.1, 0.15) is 28.7 Å². The zero-order chi connectivity index (χ0) is 23.4. The molecule has 2 aromatic heterocycles. The number of rotatable bonds is 6.